The molecule has 0 atom stereocenters. The molecule has 0 aliphatic carbocycles. The molecule has 0 N–H and O–H groups in total. The van der Waals surface area contributed by atoms with Gasteiger partial charge in [-0.25, -0.2) is 4.98 Å². The Balaban J connectivity index is 1.02. The number of anilines is 3. The van der Waals surface area contributed by atoms with Crippen LogP contribution < -0.4 is 4.90 Å². The molecule has 55 heavy (non-hydrogen) atoms. The Morgan fingerprint density at radius 2 is 1.04 bits per heavy atom. The average Bonchev–Trinajstić information content (AvgIpc) is 3.86. The van der Waals surface area contributed by atoms with Gasteiger partial charge in [0.05, 0.1) is 0 Å². The van der Waals surface area contributed by atoms with Gasteiger partial charge < -0.3 is 13.7 Å². The van der Waals surface area contributed by atoms with E-state index < -0.39 is 0 Å². The van der Waals surface area contributed by atoms with Crippen LogP contribution >= 0.6 is 0 Å². The van der Waals surface area contributed by atoms with Crippen molar-refractivity contribution < 1.29 is 8.83 Å². The lowest BCUT2D eigenvalue weighted by molar-refractivity contribution is 0.621. The number of hydrogen-bond acceptors (Lipinski definition) is 4. The lowest BCUT2D eigenvalue weighted by Crippen LogP contribution is -2.10. The summed E-state index contributed by atoms with van der Waals surface area (Å²) in [6.07, 6.45) is 0. The van der Waals surface area contributed by atoms with Crippen molar-refractivity contribution in [1.82, 2.24) is 4.98 Å². The summed E-state index contributed by atoms with van der Waals surface area (Å²) in [6, 6.07) is 68.2. The number of nitrogens with zero attached hydrogens (tertiary/aromatic N) is 2. The fraction of sp³-hybridized carbons (Fsp3) is 0. The highest BCUT2D eigenvalue weighted by molar-refractivity contribution is 6.12. The maximum absolute atomic E-state index is 6.65. The van der Waals surface area contributed by atoms with E-state index in [1.165, 1.54) is 32.7 Å². The van der Waals surface area contributed by atoms with E-state index in [4.69, 9.17) is 13.8 Å². The Labute approximate surface area is 317 Å². The van der Waals surface area contributed by atoms with E-state index in [-0.39, 0.29) is 0 Å². The fourth-order valence-corrected chi connectivity index (χ4v) is 8.09. The summed E-state index contributed by atoms with van der Waals surface area (Å²) >= 11 is 0. The molecule has 0 saturated carbocycles. The van der Waals surface area contributed by atoms with Crippen molar-refractivity contribution in [2.45, 2.75) is 0 Å². The van der Waals surface area contributed by atoms with Gasteiger partial charge in [-0.05, 0) is 98.9 Å². The largest absolute Gasteiger partial charge is 0.456 e. The summed E-state index contributed by atoms with van der Waals surface area (Å²) in [7, 11) is 0. The molecule has 0 bridgehead atoms. The van der Waals surface area contributed by atoms with Gasteiger partial charge in [0.15, 0.2) is 5.58 Å². The zero-order valence-corrected chi connectivity index (χ0v) is 29.7. The Morgan fingerprint density at radius 3 is 1.95 bits per heavy atom. The van der Waals surface area contributed by atoms with Gasteiger partial charge >= 0.3 is 0 Å². The summed E-state index contributed by atoms with van der Waals surface area (Å²) in [6.45, 7) is 0. The van der Waals surface area contributed by atoms with E-state index in [1.807, 2.05) is 42.5 Å². The van der Waals surface area contributed by atoms with Gasteiger partial charge in [-0.3, -0.25) is 0 Å². The number of para-hydroxylation sites is 2. The molecule has 0 aliphatic rings. The van der Waals surface area contributed by atoms with Crippen LogP contribution in [-0.4, -0.2) is 4.98 Å². The number of aromatic nitrogens is 1. The van der Waals surface area contributed by atoms with Gasteiger partial charge in [0.2, 0.25) is 5.89 Å². The minimum atomic E-state index is 0.574. The molecular formula is C51H32N2O2. The van der Waals surface area contributed by atoms with Crippen molar-refractivity contribution in [1.29, 1.82) is 0 Å². The van der Waals surface area contributed by atoms with Crippen LogP contribution in [0, 0.1) is 0 Å². The minimum Gasteiger partial charge on any atom is -0.456 e. The van der Waals surface area contributed by atoms with Crippen LogP contribution in [0.3, 0.4) is 0 Å². The van der Waals surface area contributed by atoms with Gasteiger partial charge in [-0.1, -0.05) is 133 Å². The van der Waals surface area contributed by atoms with Crippen LogP contribution in [0.1, 0.15) is 0 Å². The second-order valence-corrected chi connectivity index (χ2v) is 13.9. The maximum atomic E-state index is 6.65. The third kappa shape index (κ3) is 5.26. The molecule has 0 unspecified atom stereocenters. The predicted molar refractivity (Wildman–Crippen MR) is 227 cm³/mol. The van der Waals surface area contributed by atoms with Crippen LogP contribution in [0.2, 0.25) is 0 Å². The smallest absolute Gasteiger partial charge is 0.228 e. The molecule has 4 heteroatoms. The highest BCUT2D eigenvalue weighted by Crippen LogP contribution is 2.42. The maximum Gasteiger partial charge on any atom is 0.228 e. The van der Waals surface area contributed by atoms with Crippen LogP contribution in [0.4, 0.5) is 17.1 Å². The molecule has 4 nitrogen and oxygen atoms in total. The van der Waals surface area contributed by atoms with E-state index in [9.17, 15) is 0 Å². The van der Waals surface area contributed by atoms with Crippen molar-refractivity contribution in [3.05, 3.63) is 194 Å². The molecule has 0 amide bonds. The number of rotatable bonds is 6. The van der Waals surface area contributed by atoms with Gasteiger partial charge in [0, 0.05) is 39.0 Å². The van der Waals surface area contributed by atoms with Crippen molar-refractivity contribution in [3.8, 4) is 33.7 Å². The molecule has 0 radical (unpaired) electrons. The van der Waals surface area contributed by atoms with Crippen molar-refractivity contribution in [2.75, 3.05) is 4.90 Å². The molecule has 9 aromatic carbocycles. The lowest BCUT2D eigenvalue weighted by atomic mass is 9.97. The van der Waals surface area contributed by atoms with Gasteiger partial charge in [-0.15, -0.1) is 0 Å². The highest BCUT2D eigenvalue weighted by Gasteiger charge is 2.19. The third-order valence-electron chi connectivity index (χ3n) is 10.7. The Hall–Kier alpha value is -7.43. The first-order valence-electron chi connectivity index (χ1n) is 18.5. The first-order chi connectivity index (χ1) is 27.2. The normalized spacial score (nSPS) is 11.6. The highest BCUT2D eigenvalue weighted by atomic mass is 16.4. The SMILES string of the molecule is c1cc(-c2cccc3ccccc23)cc(N(c2ccc(-c3cccc4nc(-c5cccc6oc7ccccc7c56)oc34)cc2)c2ccc3ccccc3c2)c1. The van der Waals surface area contributed by atoms with E-state index in [1.54, 1.807) is 0 Å². The minimum absolute atomic E-state index is 0.574. The molecule has 11 rings (SSSR count). The van der Waals surface area contributed by atoms with Crippen molar-refractivity contribution >= 4 is 71.6 Å². The van der Waals surface area contributed by atoms with Crippen molar-refractivity contribution in [3.63, 3.8) is 0 Å². The molecule has 258 valence electrons. The van der Waals surface area contributed by atoms with Gasteiger partial charge in [-0.2, -0.15) is 0 Å². The number of oxazole rings is 1. The molecule has 0 aliphatic heterocycles. The number of benzene rings is 9. The average molecular weight is 705 g/mol. The molecule has 0 spiro atoms. The molecule has 2 heterocycles. The predicted octanol–water partition coefficient (Wildman–Crippen LogP) is 14.5. The molecule has 2 aromatic heterocycles. The molecular weight excluding hydrogens is 673 g/mol. The first kappa shape index (κ1) is 31.1. The van der Waals surface area contributed by atoms with Gasteiger partial charge in [0.1, 0.15) is 16.7 Å². The summed E-state index contributed by atoms with van der Waals surface area (Å²) < 4.78 is 12.8. The Morgan fingerprint density at radius 1 is 0.382 bits per heavy atom. The van der Waals surface area contributed by atoms with E-state index in [0.29, 0.717) is 5.89 Å². The van der Waals surface area contributed by atoms with Crippen LogP contribution in [-0.2, 0) is 0 Å². The molecule has 0 fully saturated rings. The third-order valence-corrected chi connectivity index (χ3v) is 10.7. The fourth-order valence-electron chi connectivity index (χ4n) is 8.09. The van der Waals surface area contributed by atoms with E-state index in [0.717, 1.165) is 66.8 Å². The second-order valence-electron chi connectivity index (χ2n) is 13.9. The van der Waals surface area contributed by atoms with E-state index >= 15 is 0 Å². The first-order valence-corrected chi connectivity index (χ1v) is 18.5. The zero-order valence-electron chi connectivity index (χ0n) is 29.7. The monoisotopic (exact) mass is 704 g/mol. The van der Waals surface area contributed by atoms with Crippen LogP contribution in [0.25, 0.3) is 88.3 Å². The van der Waals surface area contributed by atoms with Crippen LogP contribution in [0.5, 0.6) is 0 Å². The second kappa shape index (κ2) is 12.6. The Kier molecular flexibility index (Phi) is 7.14. The zero-order chi connectivity index (χ0) is 36.3. The molecule has 0 saturated heterocycles. The Bertz CT molecular complexity index is 3220. The summed E-state index contributed by atoms with van der Waals surface area (Å²) in [5.41, 5.74) is 11.8. The van der Waals surface area contributed by atoms with Crippen LogP contribution in [0.15, 0.2) is 203 Å². The quantitative estimate of drug-likeness (QED) is 0.173. The van der Waals surface area contributed by atoms with E-state index in [2.05, 4.69) is 157 Å². The standard InChI is InChI=1S/C51H32N2O2/c1-2-13-36-31-40(30-25-33(36)11-1)53(39-16-7-15-37(32-39)42-19-8-14-34-12-3-4-17-41(34)42)38-28-26-35(27-29-38)43-20-9-22-46-50(43)55-51(52-46)45-21-10-24-48-49(45)44-18-5-6-23-47(44)54-48/h1-32H. The summed E-state index contributed by atoms with van der Waals surface area (Å²) in [5, 5.41) is 6.93. The molecule has 11 aromatic rings. The van der Waals surface area contributed by atoms with Crippen molar-refractivity contribution in [2.24, 2.45) is 0 Å². The number of hydrogen-bond donors (Lipinski definition) is 0. The summed E-state index contributed by atoms with van der Waals surface area (Å²) in [5.74, 6) is 0.574. The number of furan rings is 1. The summed E-state index contributed by atoms with van der Waals surface area (Å²) in [4.78, 5) is 7.33. The lowest BCUT2D eigenvalue weighted by Gasteiger charge is -2.26. The number of fused-ring (bicyclic) bond motifs is 6. The topological polar surface area (TPSA) is 42.4 Å². The van der Waals surface area contributed by atoms with Gasteiger partial charge in [0.25, 0.3) is 0 Å².